The van der Waals surface area contributed by atoms with E-state index in [1.54, 1.807) is 6.08 Å². The van der Waals surface area contributed by atoms with Crippen molar-refractivity contribution in [2.24, 2.45) is 11.8 Å². The molecule has 2 atom stereocenters. The molecule has 0 N–H and O–H groups in total. The lowest BCUT2D eigenvalue weighted by Gasteiger charge is -2.23. The van der Waals surface area contributed by atoms with Gasteiger partial charge < -0.3 is 9.47 Å². The van der Waals surface area contributed by atoms with E-state index in [-0.39, 0.29) is 53.2 Å². The average Bonchev–Trinajstić information content (AvgIpc) is 2.95. The Morgan fingerprint density at radius 3 is 1.80 bits per heavy atom. The van der Waals surface area contributed by atoms with E-state index in [0.717, 1.165) is 0 Å². The molecule has 2 unspecified atom stereocenters. The maximum atomic E-state index is 14.9. The molecule has 1 aliphatic rings. The molecule has 0 heterocycles. The first-order valence-corrected chi connectivity index (χ1v) is 13.2. The predicted molar refractivity (Wildman–Crippen MR) is 142 cm³/mol. The Bertz CT molecular complexity index is 1400. The van der Waals surface area contributed by atoms with Crippen LogP contribution in [0, 0.1) is 53.7 Å². The molecular formula is C32H30F6O2. The summed E-state index contributed by atoms with van der Waals surface area (Å²) in [6.45, 7) is 5.29. The number of hydrogen-bond donors (Lipinski definition) is 0. The van der Waals surface area contributed by atoms with E-state index in [4.69, 9.17) is 9.47 Å². The third kappa shape index (κ3) is 6.54. The third-order valence-corrected chi connectivity index (χ3v) is 7.06. The van der Waals surface area contributed by atoms with Crippen molar-refractivity contribution in [3.05, 3.63) is 107 Å². The molecule has 0 saturated heterocycles. The van der Waals surface area contributed by atoms with Crippen LogP contribution in [0.25, 0.3) is 11.1 Å². The monoisotopic (exact) mass is 560 g/mol. The zero-order chi connectivity index (χ0) is 28.8. The van der Waals surface area contributed by atoms with Crippen LogP contribution in [0.2, 0.25) is 0 Å². The fourth-order valence-electron chi connectivity index (χ4n) is 4.62. The zero-order valence-electron chi connectivity index (χ0n) is 22.1. The normalized spacial score (nSPS) is 16.7. The highest BCUT2D eigenvalue weighted by molar-refractivity contribution is 5.66. The summed E-state index contributed by atoms with van der Waals surface area (Å²) in [6.07, 6.45) is 8.28. The van der Waals surface area contributed by atoms with Crippen LogP contribution in [-0.2, 0) is 6.42 Å². The number of halogens is 6. The van der Waals surface area contributed by atoms with Gasteiger partial charge in [-0.05, 0) is 68.4 Å². The molecule has 0 aliphatic heterocycles. The minimum absolute atomic E-state index is 0.0304. The summed E-state index contributed by atoms with van der Waals surface area (Å²) in [5.74, 6) is -7.48. The van der Waals surface area contributed by atoms with Gasteiger partial charge in [-0.2, -0.15) is 8.78 Å². The van der Waals surface area contributed by atoms with Crippen LogP contribution in [-0.4, -0.2) is 13.2 Å². The summed E-state index contributed by atoms with van der Waals surface area (Å²) in [5, 5.41) is 0. The summed E-state index contributed by atoms with van der Waals surface area (Å²) in [5.41, 5.74) is -0.412. The van der Waals surface area contributed by atoms with Crippen LogP contribution < -0.4 is 9.47 Å². The molecule has 0 amide bonds. The number of hydrogen-bond acceptors (Lipinski definition) is 2. The van der Waals surface area contributed by atoms with Gasteiger partial charge in [0, 0.05) is 23.0 Å². The van der Waals surface area contributed by atoms with E-state index in [2.05, 4.69) is 6.58 Å². The van der Waals surface area contributed by atoms with Crippen LogP contribution >= 0.6 is 0 Å². The second-order valence-electron chi connectivity index (χ2n) is 9.93. The van der Waals surface area contributed by atoms with Crippen molar-refractivity contribution in [2.45, 2.75) is 39.0 Å². The highest BCUT2D eigenvalue weighted by Crippen LogP contribution is 2.34. The molecule has 0 radical (unpaired) electrons. The van der Waals surface area contributed by atoms with Gasteiger partial charge in [-0.3, -0.25) is 0 Å². The fourth-order valence-corrected chi connectivity index (χ4v) is 4.62. The van der Waals surface area contributed by atoms with Crippen molar-refractivity contribution in [1.29, 1.82) is 0 Å². The second-order valence-corrected chi connectivity index (χ2v) is 9.93. The van der Waals surface area contributed by atoms with E-state index < -0.39 is 40.5 Å². The van der Waals surface area contributed by atoms with E-state index in [0.29, 0.717) is 32.1 Å². The quantitative estimate of drug-likeness (QED) is 0.132. The van der Waals surface area contributed by atoms with Gasteiger partial charge in [-0.15, -0.1) is 6.58 Å². The summed E-state index contributed by atoms with van der Waals surface area (Å²) < 4.78 is 97.7. The number of aryl methyl sites for hydroxylation is 2. The van der Waals surface area contributed by atoms with Crippen molar-refractivity contribution in [3.8, 4) is 22.6 Å². The zero-order valence-corrected chi connectivity index (χ0v) is 22.1. The Kier molecular flexibility index (Phi) is 9.61. The molecular weight excluding hydrogens is 530 g/mol. The van der Waals surface area contributed by atoms with Crippen molar-refractivity contribution in [1.82, 2.24) is 0 Å². The van der Waals surface area contributed by atoms with Gasteiger partial charge in [0.25, 0.3) is 0 Å². The van der Waals surface area contributed by atoms with Gasteiger partial charge in [-0.25, -0.2) is 17.6 Å². The van der Waals surface area contributed by atoms with Crippen molar-refractivity contribution < 1.29 is 35.8 Å². The van der Waals surface area contributed by atoms with Crippen LogP contribution in [0.15, 0.2) is 61.2 Å². The molecule has 0 fully saturated rings. The topological polar surface area (TPSA) is 18.5 Å². The Balaban J connectivity index is 1.35. The number of unbranched alkanes of at least 4 members (excludes halogenated alkanes) is 1. The minimum Gasteiger partial charge on any atom is -0.490 e. The average molecular weight is 561 g/mol. The lowest BCUT2D eigenvalue weighted by molar-refractivity contribution is 0.216. The first-order chi connectivity index (χ1) is 19.2. The Morgan fingerprint density at radius 1 is 0.700 bits per heavy atom. The Morgan fingerprint density at radius 2 is 1.23 bits per heavy atom. The van der Waals surface area contributed by atoms with Crippen molar-refractivity contribution in [3.63, 3.8) is 0 Å². The van der Waals surface area contributed by atoms with E-state index in [1.165, 1.54) is 43.3 Å². The summed E-state index contributed by atoms with van der Waals surface area (Å²) >= 11 is 0. The molecule has 1 aliphatic carbocycles. The fraction of sp³-hybridized carbons (Fsp3) is 0.312. The molecule has 0 aromatic heterocycles. The highest BCUT2D eigenvalue weighted by atomic mass is 19.2. The molecule has 0 spiro atoms. The van der Waals surface area contributed by atoms with Crippen molar-refractivity contribution in [2.75, 3.05) is 13.2 Å². The molecule has 3 aromatic carbocycles. The summed E-state index contributed by atoms with van der Waals surface area (Å²) in [7, 11) is 0. The number of benzene rings is 3. The van der Waals surface area contributed by atoms with Gasteiger partial charge in [0.2, 0.25) is 11.6 Å². The number of ether oxygens (including phenoxy) is 2. The van der Waals surface area contributed by atoms with Gasteiger partial charge in [-0.1, -0.05) is 36.4 Å². The molecule has 0 saturated carbocycles. The van der Waals surface area contributed by atoms with Gasteiger partial charge >= 0.3 is 0 Å². The number of rotatable bonds is 11. The smallest absolute Gasteiger partial charge is 0.201 e. The first kappa shape index (κ1) is 29.3. The molecule has 40 heavy (non-hydrogen) atoms. The van der Waals surface area contributed by atoms with E-state index >= 15 is 0 Å². The Labute approximate surface area is 229 Å². The minimum atomic E-state index is -1.33. The first-order valence-electron chi connectivity index (χ1n) is 13.2. The van der Waals surface area contributed by atoms with E-state index in [9.17, 15) is 26.3 Å². The molecule has 8 heteroatoms. The van der Waals surface area contributed by atoms with Crippen LogP contribution in [0.1, 0.15) is 36.8 Å². The standard InChI is InChI=1S/C32H30F6O2/c1-3-4-5-6-22-12-13-23(29(35)28(22)34)24-14-16-26(32(38)30(24)36)40-18-21-10-8-20(9-11-21)17-39-25-15-7-19(2)27(33)31(25)37/h3,7-8,10,12-16,20-21H,1,4-6,9,11,17-18H2,2H3. The predicted octanol–water partition coefficient (Wildman–Crippen LogP) is 9.05. The van der Waals surface area contributed by atoms with Crippen LogP contribution in [0.5, 0.6) is 11.5 Å². The van der Waals surface area contributed by atoms with E-state index in [1.807, 2.05) is 12.2 Å². The molecule has 3 aromatic rings. The SMILES string of the molecule is C=CCCCc1ccc(-c2ccc(OCC3C=CC(COc4ccc(C)c(F)c4F)CC3)c(F)c2F)c(F)c1F. The Hall–Kier alpha value is -3.68. The molecule has 212 valence electrons. The largest absolute Gasteiger partial charge is 0.490 e. The van der Waals surface area contributed by atoms with Gasteiger partial charge in [0.05, 0.1) is 13.2 Å². The molecule has 0 bridgehead atoms. The van der Waals surface area contributed by atoms with Gasteiger partial charge in [0.1, 0.15) is 0 Å². The molecule has 2 nitrogen and oxygen atoms in total. The highest BCUT2D eigenvalue weighted by Gasteiger charge is 2.23. The lowest BCUT2D eigenvalue weighted by atomic mass is 9.89. The van der Waals surface area contributed by atoms with Crippen LogP contribution in [0.3, 0.4) is 0 Å². The van der Waals surface area contributed by atoms with Crippen molar-refractivity contribution >= 4 is 0 Å². The molecule has 4 rings (SSSR count). The second kappa shape index (κ2) is 13.1. The number of allylic oxidation sites excluding steroid dienone is 1. The lowest BCUT2D eigenvalue weighted by Crippen LogP contribution is -2.20. The van der Waals surface area contributed by atoms with Crippen LogP contribution in [0.4, 0.5) is 26.3 Å². The summed E-state index contributed by atoms with van der Waals surface area (Å²) in [4.78, 5) is 0. The maximum absolute atomic E-state index is 14.9. The van der Waals surface area contributed by atoms with Gasteiger partial charge in [0.15, 0.2) is 34.8 Å². The maximum Gasteiger partial charge on any atom is 0.201 e. The third-order valence-electron chi connectivity index (χ3n) is 7.06. The summed E-state index contributed by atoms with van der Waals surface area (Å²) in [6, 6.07) is 7.82.